The predicted octanol–water partition coefficient (Wildman–Crippen LogP) is 3.59. The van der Waals surface area contributed by atoms with Crippen molar-refractivity contribution in [1.82, 2.24) is 0 Å². The second kappa shape index (κ2) is 6.39. The minimum atomic E-state index is -0.864. The summed E-state index contributed by atoms with van der Waals surface area (Å²) in [5.74, 6) is -2.02. The molecule has 1 aromatic rings. The third-order valence-electron chi connectivity index (χ3n) is 3.87. The Bertz CT molecular complexity index is 530. The Morgan fingerprint density at radius 2 is 1.90 bits per heavy atom. The van der Waals surface area contributed by atoms with E-state index in [1.165, 1.54) is 0 Å². The van der Waals surface area contributed by atoms with Crippen LogP contribution in [-0.4, -0.2) is 17.0 Å². The summed E-state index contributed by atoms with van der Waals surface area (Å²) >= 11 is 3.38. The minimum absolute atomic E-state index is 0.178. The third kappa shape index (κ3) is 3.39. The van der Waals surface area contributed by atoms with Gasteiger partial charge in [0.2, 0.25) is 5.91 Å². The molecule has 0 heterocycles. The zero-order chi connectivity index (χ0) is 14.7. The van der Waals surface area contributed by atoms with Crippen LogP contribution in [0, 0.1) is 18.8 Å². The van der Waals surface area contributed by atoms with Crippen molar-refractivity contribution >= 4 is 33.5 Å². The Morgan fingerprint density at radius 3 is 2.50 bits per heavy atom. The summed E-state index contributed by atoms with van der Waals surface area (Å²) in [6, 6.07) is 5.61. The number of benzene rings is 1. The second-order valence-electron chi connectivity index (χ2n) is 5.28. The lowest BCUT2D eigenvalue weighted by molar-refractivity contribution is -0.147. The van der Waals surface area contributed by atoms with Gasteiger partial charge < -0.3 is 10.4 Å². The molecule has 0 radical (unpaired) electrons. The van der Waals surface area contributed by atoms with Gasteiger partial charge in [-0.1, -0.05) is 28.8 Å². The Labute approximate surface area is 126 Å². The molecule has 0 saturated heterocycles. The van der Waals surface area contributed by atoms with Crippen molar-refractivity contribution in [1.29, 1.82) is 0 Å². The molecule has 2 N–H and O–H groups in total. The van der Waals surface area contributed by atoms with Gasteiger partial charge in [-0.25, -0.2) is 0 Å². The normalized spacial score (nSPS) is 22.3. The van der Waals surface area contributed by atoms with E-state index in [2.05, 4.69) is 21.2 Å². The molecule has 4 nitrogen and oxygen atoms in total. The Balaban J connectivity index is 2.12. The first-order valence-electron chi connectivity index (χ1n) is 6.79. The van der Waals surface area contributed by atoms with E-state index in [0.29, 0.717) is 12.8 Å². The van der Waals surface area contributed by atoms with Crippen LogP contribution in [0.1, 0.15) is 31.2 Å². The van der Waals surface area contributed by atoms with Crippen LogP contribution in [0.5, 0.6) is 0 Å². The van der Waals surface area contributed by atoms with Crippen molar-refractivity contribution in [3.05, 3.63) is 28.2 Å². The summed E-state index contributed by atoms with van der Waals surface area (Å²) in [4.78, 5) is 23.6. The number of rotatable bonds is 3. The number of hydrogen-bond acceptors (Lipinski definition) is 2. The molecule has 0 aliphatic heterocycles. The van der Waals surface area contributed by atoms with Gasteiger partial charge in [0.15, 0.2) is 0 Å². The first-order chi connectivity index (χ1) is 9.49. The van der Waals surface area contributed by atoms with Crippen LogP contribution in [0.2, 0.25) is 0 Å². The highest BCUT2D eigenvalue weighted by atomic mass is 79.9. The number of hydrogen-bond donors (Lipinski definition) is 2. The Morgan fingerprint density at radius 1 is 1.25 bits per heavy atom. The molecule has 0 spiro atoms. The van der Waals surface area contributed by atoms with Crippen LogP contribution in [0.15, 0.2) is 22.7 Å². The highest BCUT2D eigenvalue weighted by molar-refractivity contribution is 9.10. The lowest BCUT2D eigenvalue weighted by atomic mass is 9.78. The van der Waals surface area contributed by atoms with Crippen molar-refractivity contribution in [2.75, 3.05) is 5.32 Å². The van der Waals surface area contributed by atoms with Crippen molar-refractivity contribution < 1.29 is 14.7 Å². The van der Waals surface area contributed by atoms with Gasteiger partial charge in [0.25, 0.3) is 0 Å². The summed E-state index contributed by atoms with van der Waals surface area (Å²) in [7, 11) is 0. The number of carboxylic acids is 1. The number of halogens is 1. The van der Waals surface area contributed by atoms with Gasteiger partial charge in [-0.3, -0.25) is 9.59 Å². The first kappa shape index (κ1) is 15.0. The molecule has 108 valence electrons. The van der Waals surface area contributed by atoms with E-state index < -0.39 is 17.8 Å². The van der Waals surface area contributed by atoms with Crippen molar-refractivity contribution in [3.8, 4) is 0 Å². The molecule has 0 bridgehead atoms. The van der Waals surface area contributed by atoms with E-state index in [1.807, 2.05) is 25.1 Å². The third-order valence-corrected chi connectivity index (χ3v) is 4.36. The fourth-order valence-electron chi connectivity index (χ4n) is 2.73. The molecule has 5 heteroatoms. The van der Waals surface area contributed by atoms with E-state index in [-0.39, 0.29) is 5.91 Å². The van der Waals surface area contributed by atoms with Gasteiger partial charge in [-0.15, -0.1) is 0 Å². The van der Waals surface area contributed by atoms with Crippen LogP contribution in [-0.2, 0) is 9.59 Å². The lowest BCUT2D eigenvalue weighted by Crippen LogP contribution is -2.36. The first-order valence-corrected chi connectivity index (χ1v) is 7.58. The van der Waals surface area contributed by atoms with Gasteiger partial charge in [0.05, 0.1) is 11.8 Å². The molecule has 1 fully saturated rings. The maximum Gasteiger partial charge on any atom is 0.307 e. The summed E-state index contributed by atoms with van der Waals surface area (Å²) < 4.78 is 0.953. The molecule has 20 heavy (non-hydrogen) atoms. The van der Waals surface area contributed by atoms with Gasteiger partial charge >= 0.3 is 5.97 Å². The van der Waals surface area contributed by atoms with Gasteiger partial charge in [-0.05, 0) is 43.5 Å². The average Bonchev–Trinajstić information content (AvgIpc) is 2.41. The van der Waals surface area contributed by atoms with Crippen LogP contribution in [0.4, 0.5) is 5.69 Å². The smallest absolute Gasteiger partial charge is 0.307 e. The zero-order valence-corrected chi connectivity index (χ0v) is 12.9. The van der Waals surface area contributed by atoms with E-state index in [4.69, 9.17) is 0 Å². The quantitative estimate of drug-likeness (QED) is 0.884. The van der Waals surface area contributed by atoms with Gasteiger partial charge in [0, 0.05) is 10.2 Å². The Kier molecular flexibility index (Phi) is 4.81. The number of anilines is 1. The van der Waals surface area contributed by atoms with Crippen LogP contribution < -0.4 is 5.32 Å². The molecule has 0 aromatic heterocycles. The number of aryl methyl sites for hydroxylation is 1. The molecule has 1 saturated carbocycles. The Hall–Kier alpha value is -1.36. The van der Waals surface area contributed by atoms with Crippen LogP contribution >= 0.6 is 15.9 Å². The van der Waals surface area contributed by atoms with Crippen molar-refractivity contribution in [3.63, 3.8) is 0 Å². The predicted molar refractivity (Wildman–Crippen MR) is 80.6 cm³/mol. The molecular formula is C15H18BrNO3. The lowest BCUT2D eigenvalue weighted by Gasteiger charge is -2.27. The summed E-state index contributed by atoms with van der Waals surface area (Å²) in [5, 5.41) is 12.1. The molecular weight excluding hydrogens is 322 g/mol. The topological polar surface area (TPSA) is 66.4 Å². The van der Waals surface area contributed by atoms with Crippen LogP contribution in [0.25, 0.3) is 0 Å². The number of carboxylic acid groups (broad SMARTS) is 1. The molecule has 2 atom stereocenters. The number of carbonyl (C=O) groups is 2. The average molecular weight is 340 g/mol. The molecule has 1 amide bonds. The highest BCUT2D eigenvalue weighted by Crippen LogP contribution is 2.31. The number of nitrogens with one attached hydrogen (secondary N) is 1. The highest BCUT2D eigenvalue weighted by Gasteiger charge is 2.35. The fourth-order valence-corrected chi connectivity index (χ4v) is 3.21. The number of carbonyl (C=O) groups excluding carboxylic acids is 1. The van der Waals surface area contributed by atoms with E-state index in [0.717, 1.165) is 28.6 Å². The molecule has 1 aromatic carbocycles. The van der Waals surface area contributed by atoms with Crippen molar-refractivity contribution in [2.24, 2.45) is 11.8 Å². The molecule has 0 unspecified atom stereocenters. The number of aliphatic carboxylic acids is 1. The van der Waals surface area contributed by atoms with Crippen LogP contribution in [0.3, 0.4) is 0 Å². The van der Waals surface area contributed by atoms with E-state index in [9.17, 15) is 14.7 Å². The SMILES string of the molecule is Cc1cc(Br)ccc1NC(=O)[C@H]1CCCC[C@@H]1C(=O)O. The maximum atomic E-state index is 12.3. The monoisotopic (exact) mass is 339 g/mol. The second-order valence-corrected chi connectivity index (χ2v) is 6.20. The fraction of sp³-hybridized carbons (Fsp3) is 0.467. The minimum Gasteiger partial charge on any atom is -0.481 e. The van der Waals surface area contributed by atoms with E-state index in [1.54, 1.807) is 0 Å². The molecule has 2 rings (SSSR count). The van der Waals surface area contributed by atoms with Gasteiger partial charge in [0.1, 0.15) is 0 Å². The zero-order valence-electron chi connectivity index (χ0n) is 11.4. The molecule has 1 aliphatic rings. The summed E-state index contributed by atoms with van der Waals surface area (Å²) in [6.45, 7) is 1.91. The van der Waals surface area contributed by atoms with Crippen molar-refractivity contribution in [2.45, 2.75) is 32.6 Å². The largest absolute Gasteiger partial charge is 0.481 e. The molecule has 1 aliphatic carbocycles. The summed E-state index contributed by atoms with van der Waals surface area (Å²) in [5.41, 5.74) is 1.70. The summed E-state index contributed by atoms with van der Waals surface area (Å²) in [6.07, 6.45) is 3.05. The standard InChI is InChI=1S/C15H18BrNO3/c1-9-8-10(16)6-7-13(9)17-14(18)11-4-2-3-5-12(11)15(19)20/h6-8,11-12H,2-5H2,1H3,(H,17,18)(H,19,20)/t11-,12-/m0/s1. The maximum absolute atomic E-state index is 12.3. The van der Waals surface area contributed by atoms with E-state index >= 15 is 0 Å². The number of amides is 1. The van der Waals surface area contributed by atoms with Gasteiger partial charge in [-0.2, -0.15) is 0 Å².